The lowest BCUT2D eigenvalue weighted by Crippen LogP contribution is -2.20. The minimum Gasteiger partial charge on any atom is -0.396 e. The van der Waals surface area contributed by atoms with E-state index < -0.39 is 0 Å². The van der Waals surface area contributed by atoms with Crippen molar-refractivity contribution in [2.75, 3.05) is 24.6 Å². The van der Waals surface area contributed by atoms with Gasteiger partial charge in [-0.05, 0) is 18.6 Å². The van der Waals surface area contributed by atoms with Crippen molar-refractivity contribution in [1.82, 2.24) is 4.98 Å². The fourth-order valence-electron chi connectivity index (χ4n) is 2.24. The van der Waals surface area contributed by atoms with Crippen molar-refractivity contribution < 1.29 is 9.50 Å². The standard InChI is InChI=1S/C12H12BrFN2OS/c13-8-3-9(14)11-10(4-8)18-12(15-11)16-2-1-7(5-16)6-17/h3-4,7,17H,1-2,5-6H2. The van der Waals surface area contributed by atoms with Crippen LogP contribution in [-0.2, 0) is 0 Å². The summed E-state index contributed by atoms with van der Waals surface area (Å²) >= 11 is 4.79. The van der Waals surface area contributed by atoms with Gasteiger partial charge in [0.15, 0.2) is 10.9 Å². The van der Waals surface area contributed by atoms with Crippen molar-refractivity contribution in [2.45, 2.75) is 6.42 Å². The zero-order chi connectivity index (χ0) is 12.7. The summed E-state index contributed by atoms with van der Waals surface area (Å²) in [5, 5.41) is 9.99. The third-order valence-corrected chi connectivity index (χ3v) is 4.74. The summed E-state index contributed by atoms with van der Waals surface area (Å²) in [5.74, 6) is 0.0216. The molecular formula is C12H12BrFN2OS. The van der Waals surface area contributed by atoms with Crippen molar-refractivity contribution in [3.8, 4) is 0 Å². The molecule has 1 unspecified atom stereocenters. The fourth-order valence-corrected chi connectivity index (χ4v) is 3.87. The van der Waals surface area contributed by atoms with E-state index >= 15 is 0 Å². The second-order valence-corrected chi connectivity index (χ2v) is 6.44. The molecule has 1 N–H and O–H groups in total. The predicted molar refractivity (Wildman–Crippen MR) is 74.7 cm³/mol. The summed E-state index contributed by atoms with van der Waals surface area (Å²) in [6, 6.07) is 3.32. The number of hydrogen-bond donors (Lipinski definition) is 1. The van der Waals surface area contributed by atoms with Crippen LogP contribution in [0.4, 0.5) is 9.52 Å². The quantitative estimate of drug-likeness (QED) is 0.919. The molecule has 3 nitrogen and oxygen atoms in total. The molecule has 1 atom stereocenters. The maximum Gasteiger partial charge on any atom is 0.186 e. The smallest absolute Gasteiger partial charge is 0.186 e. The van der Waals surface area contributed by atoms with E-state index in [0.717, 1.165) is 33.8 Å². The van der Waals surface area contributed by atoms with Gasteiger partial charge in [0.2, 0.25) is 0 Å². The van der Waals surface area contributed by atoms with Crippen molar-refractivity contribution in [3.05, 3.63) is 22.4 Å². The first-order valence-corrected chi connectivity index (χ1v) is 7.39. The van der Waals surface area contributed by atoms with Crippen LogP contribution in [0, 0.1) is 11.7 Å². The molecule has 0 spiro atoms. The van der Waals surface area contributed by atoms with Gasteiger partial charge < -0.3 is 10.0 Å². The number of anilines is 1. The highest BCUT2D eigenvalue weighted by molar-refractivity contribution is 9.10. The first-order valence-electron chi connectivity index (χ1n) is 5.79. The van der Waals surface area contributed by atoms with Crippen molar-refractivity contribution in [3.63, 3.8) is 0 Å². The van der Waals surface area contributed by atoms with Gasteiger partial charge in [0, 0.05) is 30.1 Å². The molecule has 0 radical (unpaired) electrons. The summed E-state index contributed by atoms with van der Waals surface area (Å²) in [6.45, 7) is 1.90. The third kappa shape index (κ3) is 2.13. The van der Waals surface area contributed by atoms with Crippen molar-refractivity contribution in [1.29, 1.82) is 0 Å². The van der Waals surface area contributed by atoms with Crippen LogP contribution in [0.2, 0.25) is 0 Å². The molecule has 96 valence electrons. The molecule has 1 aliphatic heterocycles. The Hall–Kier alpha value is -0.720. The molecule has 6 heteroatoms. The van der Waals surface area contributed by atoms with E-state index in [2.05, 4.69) is 25.8 Å². The summed E-state index contributed by atoms with van der Waals surface area (Å²) in [6.07, 6.45) is 0.971. The van der Waals surface area contributed by atoms with Crippen LogP contribution in [0.5, 0.6) is 0 Å². The van der Waals surface area contributed by atoms with Gasteiger partial charge in [-0.25, -0.2) is 9.37 Å². The molecular weight excluding hydrogens is 319 g/mol. The molecule has 0 amide bonds. The van der Waals surface area contributed by atoms with E-state index in [1.165, 1.54) is 17.4 Å². The Labute approximate surface area is 116 Å². The van der Waals surface area contributed by atoms with Gasteiger partial charge >= 0.3 is 0 Å². The average Bonchev–Trinajstić information content (AvgIpc) is 2.93. The molecule has 1 aromatic heterocycles. The van der Waals surface area contributed by atoms with Gasteiger partial charge in [0.05, 0.1) is 4.70 Å². The minimum absolute atomic E-state index is 0.210. The summed E-state index contributed by atoms with van der Waals surface area (Å²) < 4.78 is 15.3. The summed E-state index contributed by atoms with van der Waals surface area (Å²) in [7, 11) is 0. The summed E-state index contributed by atoms with van der Waals surface area (Å²) in [4.78, 5) is 6.49. The maximum absolute atomic E-state index is 13.7. The maximum atomic E-state index is 13.7. The first kappa shape index (κ1) is 12.3. The normalized spacial score (nSPS) is 19.9. The average molecular weight is 331 g/mol. The zero-order valence-electron chi connectivity index (χ0n) is 9.57. The number of aliphatic hydroxyl groups is 1. The second-order valence-electron chi connectivity index (χ2n) is 4.51. The van der Waals surface area contributed by atoms with E-state index in [9.17, 15) is 4.39 Å². The number of nitrogens with zero attached hydrogens (tertiary/aromatic N) is 2. The van der Waals surface area contributed by atoms with Gasteiger partial charge in [0.1, 0.15) is 5.52 Å². The van der Waals surface area contributed by atoms with E-state index in [1.807, 2.05) is 6.07 Å². The molecule has 0 aliphatic carbocycles. The Kier molecular flexibility index (Phi) is 3.25. The van der Waals surface area contributed by atoms with Gasteiger partial charge in [-0.3, -0.25) is 0 Å². The lowest BCUT2D eigenvalue weighted by atomic mass is 10.1. The number of thiazole rings is 1. The molecule has 1 fully saturated rings. The summed E-state index contributed by atoms with van der Waals surface area (Å²) in [5.41, 5.74) is 0.436. The Morgan fingerprint density at radius 2 is 2.39 bits per heavy atom. The number of aromatic nitrogens is 1. The number of halogens is 2. The van der Waals surface area contributed by atoms with Crippen LogP contribution in [0.15, 0.2) is 16.6 Å². The van der Waals surface area contributed by atoms with Crippen LogP contribution >= 0.6 is 27.3 Å². The number of aliphatic hydroxyl groups excluding tert-OH is 1. The van der Waals surface area contributed by atoms with Gasteiger partial charge in [-0.1, -0.05) is 27.3 Å². The molecule has 3 rings (SSSR count). The van der Waals surface area contributed by atoms with Crippen LogP contribution in [0.1, 0.15) is 6.42 Å². The third-order valence-electron chi connectivity index (χ3n) is 3.22. The molecule has 1 aliphatic rings. The number of hydrogen-bond acceptors (Lipinski definition) is 4. The molecule has 1 aromatic carbocycles. The van der Waals surface area contributed by atoms with Crippen LogP contribution in [-0.4, -0.2) is 29.8 Å². The van der Waals surface area contributed by atoms with Crippen LogP contribution in [0.25, 0.3) is 10.2 Å². The van der Waals surface area contributed by atoms with E-state index in [1.54, 1.807) is 0 Å². The molecule has 0 bridgehead atoms. The highest BCUT2D eigenvalue weighted by Crippen LogP contribution is 2.34. The predicted octanol–water partition coefficient (Wildman–Crippen LogP) is 3.02. The van der Waals surface area contributed by atoms with Gasteiger partial charge in [0.25, 0.3) is 0 Å². The Balaban J connectivity index is 1.96. The van der Waals surface area contributed by atoms with Crippen molar-refractivity contribution >= 4 is 42.6 Å². The highest BCUT2D eigenvalue weighted by atomic mass is 79.9. The lowest BCUT2D eigenvalue weighted by Gasteiger charge is -2.13. The number of benzene rings is 1. The van der Waals surface area contributed by atoms with E-state index in [-0.39, 0.29) is 12.4 Å². The molecule has 18 heavy (non-hydrogen) atoms. The lowest BCUT2D eigenvalue weighted by molar-refractivity contribution is 0.238. The topological polar surface area (TPSA) is 36.4 Å². The zero-order valence-corrected chi connectivity index (χ0v) is 12.0. The molecule has 0 saturated carbocycles. The molecule has 2 heterocycles. The minimum atomic E-state index is -0.292. The van der Waals surface area contributed by atoms with Crippen LogP contribution in [0.3, 0.4) is 0 Å². The largest absolute Gasteiger partial charge is 0.396 e. The Bertz CT molecular complexity index is 589. The first-order chi connectivity index (χ1) is 8.67. The van der Waals surface area contributed by atoms with Crippen molar-refractivity contribution in [2.24, 2.45) is 5.92 Å². The number of fused-ring (bicyclic) bond motifs is 1. The molecule has 1 saturated heterocycles. The highest BCUT2D eigenvalue weighted by Gasteiger charge is 2.24. The van der Waals surface area contributed by atoms with Gasteiger partial charge in [-0.2, -0.15) is 0 Å². The van der Waals surface area contributed by atoms with E-state index in [0.29, 0.717) is 11.4 Å². The van der Waals surface area contributed by atoms with Gasteiger partial charge in [-0.15, -0.1) is 0 Å². The van der Waals surface area contributed by atoms with E-state index in [4.69, 9.17) is 5.11 Å². The molecule has 2 aromatic rings. The Morgan fingerprint density at radius 3 is 3.11 bits per heavy atom. The SMILES string of the molecule is OCC1CCN(c2nc3c(F)cc(Br)cc3s2)C1. The Morgan fingerprint density at radius 1 is 1.56 bits per heavy atom. The fraction of sp³-hybridized carbons (Fsp3) is 0.417. The number of rotatable bonds is 2. The van der Waals surface area contributed by atoms with Crippen LogP contribution < -0.4 is 4.90 Å². The second kappa shape index (κ2) is 4.75. The monoisotopic (exact) mass is 330 g/mol.